The Morgan fingerprint density at radius 1 is 1.32 bits per heavy atom. The molecule has 0 atom stereocenters. The van der Waals surface area contributed by atoms with Crippen molar-refractivity contribution in [2.75, 3.05) is 11.9 Å². The fourth-order valence-corrected chi connectivity index (χ4v) is 5.96. The number of alkyl halides is 1. The maximum Gasteiger partial charge on any atom is 0.303 e. The molecule has 1 aromatic rings. The van der Waals surface area contributed by atoms with Gasteiger partial charge in [0.15, 0.2) is 6.61 Å². The summed E-state index contributed by atoms with van der Waals surface area (Å²) in [5, 5.41) is 2.74. The molecule has 0 spiro atoms. The van der Waals surface area contributed by atoms with Gasteiger partial charge in [-0.05, 0) is 79.4 Å². The normalized spacial score (nSPS) is 10.2. The van der Waals surface area contributed by atoms with Gasteiger partial charge >= 0.3 is 5.97 Å². The van der Waals surface area contributed by atoms with Crippen LogP contribution in [0.5, 0.6) is 0 Å². The molecule has 4 nitrogen and oxygen atoms in total. The van der Waals surface area contributed by atoms with Crippen LogP contribution >= 0.6 is 79.4 Å². The summed E-state index contributed by atoms with van der Waals surface area (Å²) in [6.45, 7) is 0.973. The molecule has 0 saturated heterocycles. The van der Waals surface area contributed by atoms with Gasteiger partial charge in [0.05, 0.1) is 5.69 Å². The first-order valence-corrected chi connectivity index (χ1v) is 8.79. The molecule has 0 unspecified atom stereocenters. The second-order valence-electron chi connectivity index (χ2n) is 3.47. The number of halogens is 4. The first-order valence-electron chi connectivity index (χ1n) is 5.02. The number of ether oxygens (including phenoxy) is 1. The van der Waals surface area contributed by atoms with Crippen LogP contribution in [0.25, 0.3) is 0 Å². The lowest BCUT2D eigenvalue weighted by Crippen LogP contribution is -2.21. The van der Waals surface area contributed by atoms with E-state index < -0.39 is 5.97 Å². The summed E-state index contributed by atoms with van der Waals surface area (Å²) in [5.74, 6) is -0.475. The highest BCUT2D eigenvalue weighted by Gasteiger charge is 2.16. The molecule has 19 heavy (non-hydrogen) atoms. The Hall–Kier alpha value is 0.640. The third kappa shape index (κ3) is 5.16. The van der Waals surface area contributed by atoms with E-state index in [2.05, 4.69) is 77.8 Å². The summed E-state index contributed by atoms with van der Waals surface area (Å²) in [6.07, 6.45) is 0. The fraction of sp³-hybridized carbons (Fsp3) is 0.273. The number of anilines is 1. The van der Waals surface area contributed by atoms with Gasteiger partial charge in [0.25, 0.3) is 5.91 Å². The molecule has 0 saturated carbocycles. The topological polar surface area (TPSA) is 55.4 Å². The van der Waals surface area contributed by atoms with Gasteiger partial charge in [0.2, 0.25) is 0 Å². The fourth-order valence-electron chi connectivity index (χ4n) is 1.21. The van der Waals surface area contributed by atoms with E-state index in [1.165, 1.54) is 6.92 Å². The molecule has 1 rings (SSSR count). The molecule has 1 aromatic carbocycles. The zero-order valence-electron chi connectivity index (χ0n) is 9.73. The molecule has 0 radical (unpaired) electrons. The van der Waals surface area contributed by atoms with Crippen LogP contribution in [0.3, 0.4) is 0 Å². The van der Waals surface area contributed by atoms with Crippen molar-refractivity contribution >= 4 is 96.9 Å². The Labute approximate surface area is 156 Å². The van der Waals surface area contributed by atoms with Crippen LogP contribution in [-0.2, 0) is 20.2 Å². The van der Waals surface area contributed by atoms with E-state index in [1.807, 2.05) is 6.07 Å². The second-order valence-corrected chi connectivity index (χ2v) is 7.14. The Morgan fingerprint density at radius 2 is 1.95 bits per heavy atom. The lowest BCUT2D eigenvalue weighted by Gasteiger charge is -2.14. The number of hydrogen-bond acceptors (Lipinski definition) is 3. The number of amides is 1. The standard InChI is InChI=1S/C11H9ClI3NO3/c1-5(17)19-4-9(18)16-11-8(14)2-7(13)6(3-12)10(11)15/h2H,3-4H2,1H3,(H,16,18). The lowest BCUT2D eigenvalue weighted by atomic mass is 10.2. The molecule has 0 aromatic heterocycles. The van der Waals surface area contributed by atoms with Crippen LogP contribution in [0.2, 0.25) is 0 Å². The van der Waals surface area contributed by atoms with Gasteiger partial charge in [-0.15, -0.1) is 11.6 Å². The van der Waals surface area contributed by atoms with Crippen LogP contribution in [0.4, 0.5) is 5.69 Å². The average molecular weight is 619 g/mol. The van der Waals surface area contributed by atoms with Crippen molar-refractivity contribution in [1.82, 2.24) is 0 Å². The molecule has 0 fully saturated rings. The van der Waals surface area contributed by atoms with Crippen molar-refractivity contribution in [3.8, 4) is 0 Å². The van der Waals surface area contributed by atoms with Crippen LogP contribution in [0.1, 0.15) is 12.5 Å². The predicted molar refractivity (Wildman–Crippen MR) is 99.4 cm³/mol. The molecule has 0 aliphatic rings. The van der Waals surface area contributed by atoms with Gasteiger partial charge in [0, 0.05) is 23.5 Å². The van der Waals surface area contributed by atoms with Crippen LogP contribution in [-0.4, -0.2) is 18.5 Å². The lowest BCUT2D eigenvalue weighted by molar-refractivity contribution is -0.144. The highest BCUT2D eigenvalue weighted by Crippen LogP contribution is 2.32. The number of nitrogens with one attached hydrogen (secondary N) is 1. The quantitative estimate of drug-likeness (QED) is 0.318. The Balaban J connectivity index is 2.95. The van der Waals surface area contributed by atoms with Gasteiger partial charge in [-0.1, -0.05) is 0 Å². The first kappa shape index (κ1) is 17.7. The highest BCUT2D eigenvalue weighted by molar-refractivity contribution is 14.1. The minimum Gasteiger partial charge on any atom is -0.456 e. The minimum absolute atomic E-state index is 0.288. The SMILES string of the molecule is CC(=O)OCC(=O)Nc1c(I)cc(I)c(CCl)c1I. The van der Waals surface area contributed by atoms with E-state index in [4.69, 9.17) is 11.6 Å². The molecule has 0 aliphatic heterocycles. The number of rotatable bonds is 4. The molecule has 1 amide bonds. The van der Waals surface area contributed by atoms with E-state index in [-0.39, 0.29) is 12.5 Å². The largest absolute Gasteiger partial charge is 0.456 e. The van der Waals surface area contributed by atoms with E-state index in [0.717, 1.165) is 16.3 Å². The van der Waals surface area contributed by atoms with Crippen molar-refractivity contribution in [3.63, 3.8) is 0 Å². The minimum atomic E-state index is -0.483. The zero-order valence-corrected chi connectivity index (χ0v) is 17.0. The summed E-state index contributed by atoms with van der Waals surface area (Å²) in [5.41, 5.74) is 1.68. The van der Waals surface area contributed by atoms with Crippen molar-refractivity contribution in [1.29, 1.82) is 0 Å². The number of benzene rings is 1. The second kappa shape index (κ2) is 8.17. The maximum atomic E-state index is 11.7. The number of carbonyl (C=O) groups excluding carboxylic acids is 2. The number of carbonyl (C=O) groups is 2. The summed E-state index contributed by atoms with van der Waals surface area (Å²) in [4.78, 5) is 22.3. The van der Waals surface area contributed by atoms with E-state index in [0.29, 0.717) is 11.6 Å². The monoisotopic (exact) mass is 619 g/mol. The first-order chi connectivity index (χ1) is 8.86. The molecule has 1 N–H and O–H groups in total. The third-order valence-corrected chi connectivity index (χ3v) is 5.34. The van der Waals surface area contributed by atoms with Gasteiger partial charge in [-0.2, -0.15) is 0 Å². The van der Waals surface area contributed by atoms with Gasteiger partial charge in [-0.25, -0.2) is 0 Å². The molecule has 8 heteroatoms. The van der Waals surface area contributed by atoms with Crippen LogP contribution in [0, 0.1) is 10.7 Å². The van der Waals surface area contributed by atoms with Crippen LogP contribution in [0.15, 0.2) is 6.07 Å². The summed E-state index contributed by atoms with van der Waals surface area (Å²) >= 11 is 12.4. The molecule has 0 aliphatic carbocycles. The molecular weight excluding hydrogens is 610 g/mol. The summed E-state index contributed by atoms with van der Waals surface area (Å²) in [7, 11) is 0. The highest BCUT2D eigenvalue weighted by atomic mass is 127. The Morgan fingerprint density at radius 3 is 2.47 bits per heavy atom. The van der Waals surface area contributed by atoms with Crippen molar-refractivity contribution < 1.29 is 14.3 Å². The van der Waals surface area contributed by atoms with Gasteiger partial charge < -0.3 is 10.1 Å². The average Bonchev–Trinajstić information content (AvgIpc) is 2.32. The zero-order chi connectivity index (χ0) is 14.6. The van der Waals surface area contributed by atoms with Gasteiger partial charge in [0.1, 0.15) is 0 Å². The molecule has 0 bridgehead atoms. The third-order valence-electron chi connectivity index (χ3n) is 2.07. The molecule has 104 valence electrons. The van der Waals surface area contributed by atoms with Crippen molar-refractivity contribution in [3.05, 3.63) is 22.3 Å². The Bertz CT molecular complexity index is 522. The molecule has 0 heterocycles. The maximum absolute atomic E-state index is 11.7. The van der Waals surface area contributed by atoms with E-state index >= 15 is 0 Å². The van der Waals surface area contributed by atoms with Crippen molar-refractivity contribution in [2.45, 2.75) is 12.8 Å². The Kier molecular flexibility index (Phi) is 7.61. The van der Waals surface area contributed by atoms with Crippen LogP contribution < -0.4 is 5.32 Å². The molecular formula is C11H9ClI3NO3. The van der Waals surface area contributed by atoms with Crippen molar-refractivity contribution in [2.24, 2.45) is 0 Å². The van der Waals surface area contributed by atoms with Gasteiger partial charge in [-0.3, -0.25) is 9.59 Å². The van der Waals surface area contributed by atoms with E-state index in [1.54, 1.807) is 0 Å². The summed E-state index contributed by atoms with van der Waals surface area (Å²) < 4.78 is 7.52. The predicted octanol–water partition coefficient (Wildman–Crippen LogP) is 3.74. The number of hydrogen-bond donors (Lipinski definition) is 1. The number of esters is 1. The summed E-state index contributed by atoms with van der Waals surface area (Å²) in [6, 6.07) is 1.95. The smallest absolute Gasteiger partial charge is 0.303 e. The van der Waals surface area contributed by atoms with E-state index in [9.17, 15) is 9.59 Å².